The fourth-order valence-electron chi connectivity index (χ4n) is 6.85. The van der Waals surface area contributed by atoms with Crippen LogP contribution >= 0.6 is 0 Å². The fourth-order valence-corrected chi connectivity index (χ4v) is 6.85. The molecule has 0 fully saturated rings. The minimum Gasteiger partial charge on any atom is -0.508 e. The van der Waals surface area contributed by atoms with Gasteiger partial charge in [0.2, 0.25) is 0 Å². The second-order valence-electron chi connectivity index (χ2n) is 11.8. The summed E-state index contributed by atoms with van der Waals surface area (Å²) in [6.07, 6.45) is 9.00. The molecule has 4 aliphatic heterocycles. The van der Waals surface area contributed by atoms with Crippen LogP contribution in [0.1, 0.15) is 107 Å². The zero-order chi connectivity index (χ0) is 33.7. The van der Waals surface area contributed by atoms with E-state index in [0.717, 1.165) is 51.4 Å². The fraction of sp³-hybridized carbons (Fsp3) is 0.667. The van der Waals surface area contributed by atoms with Gasteiger partial charge in [0.15, 0.2) is 0 Å². The number of nitrogens with zero attached hydrogens (tertiary/aromatic N) is 8. The number of allylic oxidation sites excluding steroid dienone is 8. The normalized spacial score (nSPS) is 18.1. The van der Waals surface area contributed by atoms with E-state index < -0.39 is 0 Å². The first-order valence-electron chi connectivity index (χ1n) is 16.9. The van der Waals surface area contributed by atoms with E-state index in [1.165, 1.54) is 45.6 Å². The molecule has 0 N–H and O–H groups in total. The Balaban J connectivity index is 0.000000569. The van der Waals surface area contributed by atoms with E-state index in [2.05, 4.69) is 178 Å². The molecule has 45 heavy (non-hydrogen) atoms. The van der Waals surface area contributed by atoms with Crippen LogP contribution in [0.3, 0.4) is 0 Å². The Hall–Kier alpha value is -1.95. The number of rotatable bonds is 8. The van der Waals surface area contributed by atoms with Crippen LogP contribution in [-0.4, -0.2) is 95.6 Å². The molecule has 0 aromatic rings. The van der Waals surface area contributed by atoms with E-state index in [1.807, 2.05) is 0 Å². The molecule has 0 radical (unpaired) electrons. The van der Waals surface area contributed by atoms with Crippen LogP contribution in [0.2, 0.25) is 0 Å². The van der Waals surface area contributed by atoms with Gasteiger partial charge in [0.1, 0.15) is 0 Å². The van der Waals surface area contributed by atoms with Gasteiger partial charge in [-0.25, -0.2) is 0 Å². The van der Waals surface area contributed by atoms with Gasteiger partial charge in [-0.15, -0.1) is 0 Å². The second-order valence-corrected chi connectivity index (χ2v) is 11.8. The summed E-state index contributed by atoms with van der Waals surface area (Å²) in [5.74, 6) is 0. The van der Waals surface area contributed by atoms with Crippen LogP contribution in [0.5, 0.6) is 0 Å². The van der Waals surface area contributed by atoms with Gasteiger partial charge >= 0.3 is 21.1 Å². The van der Waals surface area contributed by atoms with Crippen molar-refractivity contribution in [3.8, 4) is 0 Å². The van der Waals surface area contributed by atoms with Gasteiger partial charge < -0.3 is 39.2 Å². The molecule has 0 aliphatic carbocycles. The Morgan fingerprint density at radius 1 is 0.267 bits per heavy atom. The molecular formula is C36H68MoN8. The summed E-state index contributed by atoms with van der Waals surface area (Å²) in [7, 11) is 16.9. The monoisotopic (exact) mass is 710 g/mol. The van der Waals surface area contributed by atoms with Crippen molar-refractivity contribution in [2.24, 2.45) is 0 Å². The molecule has 0 unspecified atom stereocenters. The zero-order valence-corrected chi connectivity index (χ0v) is 34.0. The molecule has 4 rings (SSSR count). The van der Waals surface area contributed by atoms with E-state index >= 15 is 0 Å². The minimum absolute atomic E-state index is 0. The third-order valence-electron chi connectivity index (χ3n) is 8.80. The van der Waals surface area contributed by atoms with Gasteiger partial charge in [0.25, 0.3) is 0 Å². The van der Waals surface area contributed by atoms with E-state index in [-0.39, 0.29) is 21.1 Å². The molecule has 9 heteroatoms. The molecule has 4 heterocycles. The van der Waals surface area contributed by atoms with Crippen LogP contribution < -0.4 is 0 Å². The summed E-state index contributed by atoms with van der Waals surface area (Å²) in [6.45, 7) is 26.2. The molecule has 0 saturated heterocycles. The van der Waals surface area contributed by atoms with Crippen molar-refractivity contribution in [2.45, 2.75) is 107 Å². The third kappa shape index (κ3) is 11.1. The average Bonchev–Trinajstić information content (AvgIpc) is 3.64. The maximum atomic E-state index is 2.21. The first-order chi connectivity index (χ1) is 20.8. The van der Waals surface area contributed by atoms with Crippen molar-refractivity contribution in [1.82, 2.24) is 39.2 Å². The van der Waals surface area contributed by atoms with E-state index in [4.69, 9.17) is 0 Å². The van der Waals surface area contributed by atoms with E-state index in [9.17, 15) is 0 Å². The van der Waals surface area contributed by atoms with Crippen molar-refractivity contribution in [2.75, 3.05) is 56.4 Å². The third-order valence-corrected chi connectivity index (χ3v) is 8.80. The number of hydrogen-bond donors (Lipinski definition) is 0. The van der Waals surface area contributed by atoms with Crippen molar-refractivity contribution in [1.29, 1.82) is 0 Å². The maximum Gasteiger partial charge on any atom is 4.00 e. The standard InChI is InChI=1S/4C9H17N2.Mo/c4*1-5-8-9(6-2)11(4)7-10(8)3;/h4*7H,5-6H2,1-4H3;/q4*-1;+4. The first kappa shape index (κ1) is 43.0. The molecule has 0 bridgehead atoms. The molecule has 0 saturated carbocycles. The zero-order valence-electron chi connectivity index (χ0n) is 32.0. The van der Waals surface area contributed by atoms with Gasteiger partial charge in [-0.1, -0.05) is 55.4 Å². The second kappa shape index (κ2) is 21.0. The first-order valence-corrected chi connectivity index (χ1v) is 16.9. The number of hydrogen-bond acceptors (Lipinski definition) is 8. The molecular weight excluding hydrogens is 640 g/mol. The predicted octanol–water partition coefficient (Wildman–Crippen LogP) is 8.06. The summed E-state index contributed by atoms with van der Waals surface area (Å²) in [4.78, 5) is 17.7. The largest absolute Gasteiger partial charge is 4.00 e. The Bertz CT molecular complexity index is 785. The van der Waals surface area contributed by atoms with Gasteiger partial charge in [0, 0.05) is 45.6 Å². The summed E-state index contributed by atoms with van der Waals surface area (Å²) in [6, 6.07) is 0. The quantitative estimate of drug-likeness (QED) is 0.185. The average molecular weight is 709 g/mol. The van der Waals surface area contributed by atoms with Gasteiger partial charge in [0.05, 0.1) is 0 Å². The summed E-state index contributed by atoms with van der Waals surface area (Å²) >= 11 is 0. The molecule has 0 atom stereocenters. The SMILES string of the molecule is CCC1=C(CC)N(C)[CH-]N1C.CCC1=C(CC)N(C)[CH-]N1C.CCC1=C(CC)N(C)[CH-]N1C.CCC1=C(CC)N(C)[CH-]N1C.[Mo+4]. The summed E-state index contributed by atoms with van der Waals surface area (Å²) < 4.78 is 0. The smallest absolute Gasteiger partial charge is 0.508 e. The molecule has 0 spiro atoms. The molecule has 0 aromatic carbocycles. The van der Waals surface area contributed by atoms with Crippen LogP contribution in [-0.2, 0) is 21.1 Å². The predicted molar refractivity (Wildman–Crippen MR) is 190 cm³/mol. The summed E-state index contributed by atoms with van der Waals surface area (Å²) in [5, 5.41) is 0. The topological polar surface area (TPSA) is 25.9 Å². The van der Waals surface area contributed by atoms with Crippen LogP contribution in [0.4, 0.5) is 0 Å². The molecule has 4 aliphatic rings. The van der Waals surface area contributed by atoms with E-state index in [1.54, 1.807) is 0 Å². The van der Waals surface area contributed by atoms with Crippen LogP contribution in [0.25, 0.3) is 0 Å². The molecule has 258 valence electrons. The Labute approximate surface area is 294 Å². The minimum atomic E-state index is 0. The van der Waals surface area contributed by atoms with E-state index in [0.29, 0.717) is 0 Å². The molecule has 0 amide bonds. The van der Waals surface area contributed by atoms with Gasteiger partial charge in [-0.2, -0.15) is 26.7 Å². The van der Waals surface area contributed by atoms with Gasteiger partial charge in [-0.3, -0.25) is 0 Å². The Morgan fingerprint density at radius 3 is 0.422 bits per heavy atom. The molecule has 0 aromatic heterocycles. The van der Waals surface area contributed by atoms with Crippen LogP contribution in [0, 0.1) is 26.7 Å². The Morgan fingerprint density at radius 2 is 0.356 bits per heavy atom. The Kier molecular flexibility index (Phi) is 20.1. The van der Waals surface area contributed by atoms with Crippen molar-refractivity contribution >= 4 is 0 Å². The van der Waals surface area contributed by atoms with Crippen LogP contribution in [0.15, 0.2) is 45.6 Å². The van der Waals surface area contributed by atoms with Crippen molar-refractivity contribution < 1.29 is 21.1 Å². The summed E-state index contributed by atoms with van der Waals surface area (Å²) in [5.41, 5.74) is 11.6. The van der Waals surface area contributed by atoms with Crippen molar-refractivity contribution in [3.63, 3.8) is 0 Å². The van der Waals surface area contributed by atoms with Gasteiger partial charge in [-0.05, 0) is 108 Å². The van der Waals surface area contributed by atoms with Crippen molar-refractivity contribution in [3.05, 3.63) is 72.3 Å². The molecule has 8 nitrogen and oxygen atoms in total. The maximum absolute atomic E-state index is 2.21.